The van der Waals surface area contributed by atoms with E-state index in [1.165, 1.54) is 11.8 Å². The van der Waals surface area contributed by atoms with E-state index in [2.05, 4.69) is 10.4 Å². The number of benzene rings is 1. The summed E-state index contributed by atoms with van der Waals surface area (Å²) in [5.74, 6) is 1.39. The molecule has 1 fully saturated rings. The van der Waals surface area contributed by atoms with Crippen LogP contribution in [0, 0.1) is 0 Å². The molecule has 0 bridgehead atoms. The zero-order chi connectivity index (χ0) is 16.2. The maximum absolute atomic E-state index is 12.1. The zero-order valence-electron chi connectivity index (χ0n) is 12.2. The Hall–Kier alpha value is -1.99. The number of thioether (sulfide) groups is 1. The minimum absolute atomic E-state index is 0.000165. The molecule has 1 saturated heterocycles. The minimum Gasteiger partial charge on any atom is -0.323 e. The summed E-state index contributed by atoms with van der Waals surface area (Å²) in [5, 5.41) is 7.70. The van der Waals surface area contributed by atoms with Crippen LogP contribution in [0.15, 0.2) is 36.5 Å². The molecule has 1 aliphatic rings. The molecule has 0 atom stereocenters. The van der Waals surface area contributed by atoms with Gasteiger partial charge in [-0.15, -0.1) is 11.8 Å². The van der Waals surface area contributed by atoms with E-state index >= 15 is 0 Å². The van der Waals surface area contributed by atoms with E-state index in [-0.39, 0.29) is 18.4 Å². The lowest BCUT2D eigenvalue weighted by atomic mass is 10.2. The average molecular weight is 351 g/mol. The number of aromatic nitrogens is 2. The van der Waals surface area contributed by atoms with Gasteiger partial charge >= 0.3 is 0 Å². The number of nitrogens with one attached hydrogen (secondary N) is 1. The van der Waals surface area contributed by atoms with Crippen LogP contribution in [0.2, 0.25) is 5.02 Å². The first kappa shape index (κ1) is 15.9. The normalized spacial score (nSPS) is 14.3. The Morgan fingerprint density at radius 2 is 2.09 bits per heavy atom. The van der Waals surface area contributed by atoms with Gasteiger partial charge in [0.15, 0.2) is 0 Å². The third-order valence-corrected chi connectivity index (χ3v) is 4.59. The van der Waals surface area contributed by atoms with E-state index in [9.17, 15) is 9.59 Å². The molecular formula is C15H15ClN4O2S. The number of hydrogen-bond donors (Lipinski definition) is 1. The molecule has 0 unspecified atom stereocenters. The summed E-state index contributed by atoms with van der Waals surface area (Å²) in [6.07, 6.45) is 1.63. The van der Waals surface area contributed by atoms with Crippen LogP contribution < -0.4 is 5.32 Å². The van der Waals surface area contributed by atoms with Crippen molar-refractivity contribution in [2.75, 3.05) is 23.5 Å². The molecule has 2 aromatic rings. The molecule has 8 heteroatoms. The van der Waals surface area contributed by atoms with Gasteiger partial charge in [0.05, 0.1) is 24.4 Å². The zero-order valence-corrected chi connectivity index (χ0v) is 13.8. The summed E-state index contributed by atoms with van der Waals surface area (Å²) >= 11 is 7.39. The van der Waals surface area contributed by atoms with Gasteiger partial charge in [-0.05, 0) is 17.7 Å². The molecule has 2 heterocycles. The Morgan fingerprint density at radius 1 is 1.30 bits per heavy atom. The standard InChI is InChI=1S/C15H15ClN4O2S/c16-12-3-1-11(2-4-12)7-20-13(5-6-17-20)18-14(21)8-19-10-23-9-15(19)22/h1-6H,7-10H2,(H,18,21). The molecule has 1 aromatic carbocycles. The van der Waals surface area contributed by atoms with Crippen molar-refractivity contribution in [3.8, 4) is 0 Å². The lowest BCUT2D eigenvalue weighted by Crippen LogP contribution is -2.34. The van der Waals surface area contributed by atoms with Crippen LogP contribution in [0.25, 0.3) is 0 Å². The summed E-state index contributed by atoms with van der Waals surface area (Å²) in [6.45, 7) is 0.593. The van der Waals surface area contributed by atoms with Crippen LogP contribution in [0.1, 0.15) is 5.56 Å². The average Bonchev–Trinajstić information content (AvgIpc) is 3.12. The fourth-order valence-corrected chi connectivity index (χ4v) is 3.25. The number of carbonyl (C=O) groups is 2. The molecule has 1 aromatic heterocycles. The van der Waals surface area contributed by atoms with Gasteiger partial charge in [-0.1, -0.05) is 23.7 Å². The van der Waals surface area contributed by atoms with Crippen LogP contribution in [0.3, 0.4) is 0 Å². The first-order valence-corrected chi connectivity index (χ1v) is 8.57. The number of amides is 2. The molecule has 6 nitrogen and oxygen atoms in total. The quantitative estimate of drug-likeness (QED) is 0.896. The van der Waals surface area contributed by atoms with E-state index < -0.39 is 0 Å². The number of hydrogen-bond acceptors (Lipinski definition) is 4. The molecule has 3 rings (SSSR count). The van der Waals surface area contributed by atoms with Crippen molar-refractivity contribution in [1.82, 2.24) is 14.7 Å². The Labute approximate surface area is 142 Å². The van der Waals surface area contributed by atoms with Crippen molar-refractivity contribution in [3.63, 3.8) is 0 Å². The molecule has 0 spiro atoms. The summed E-state index contributed by atoms with van der Waals surface area (Å²) in [4.78, 5) is 25.2. The lowest BCUT2D eigenvalue weighted by Gasteiger charge is -2.15. The molecule has 0 radical (unpaired) electrons. The van der Waals surface area contributed by atoms with Crippen molar-refractivity contribution in [2.45, 2.75) is 6.54 Å². The second kappa shape index (κ2) is 7.06. The molecule has 1 N–H and O–H groups in total. The Kier molecular flexibility index (Phi) is 4.88. The molecule has 0 saturated carbocycles. The monoisotopic (exact) mass is 350 g/mol. The first-order chi connectivity index (χ1) is 11.1. The van der Waals surface area contributed by atoms with Crippen molar-refractivity contribution in [1.29, 1.82) is 0 Å². The Bertz CT molecular complexity index is 717. The number of rotatable bonds is 5. The molecule has 1 aliphatic heterocycles. The van der Waals surface area contributed by atoms with E-state index in [4.69, 9.17) is 11.6 Å². The Morgan fingerprint density at radius 3 is 2.78 bits per heavy atom. The number of carbonyl (C=O) groups excluding carboxylic acids is 2. The number of halogens is 1. The highest BCUT2D eigenvalue weighted by Gasteiger charge is 2.23. The van der Waals surface area contributed by atoms with Gasteiger partial charge in [0, 0.05) is 11.1 Å². The predicted molar refractivity (Wildman–Crippen MR) is 90.4 cm³/mol. The maximum atomic E-state index is 12.1. The van der Waals surface area contributed by atoms with Gasteiger partial charge in [-0.3, -0.25) is 9.59 Å². The first-order valence-electron chi connectivity index (χ1n) is 7.03. The summed E-state index contributed by atoms with van der Waals surface area (Å²) < 4.78 is 1.70. The highest BCUT2D eigenvalue weighted by molar-refractivity contribution is 8.00. The molecule has 120 valence electrons. The van der Waals surface area contributed by atoms with Gasteiger partial charge in [0.1, 0.15) is 12.4 Å². The second-order valence-corrected chi connectivity index (χ2v) is 6.51. The summed E-state index contributed by atoms with van der Waals surface area (Å²) in [5.41, 5.74) is 1.03. The van der Waals surface area contributed by atoms with E-state index in [0.29, 0.717) is 29.0 Å². The third kappa shape index (κ3) is 4.05. The fourth-order valence-electron chi connectivity index (χ4n) is 2.22. The van der Waals surface area contributed by atoms with Crippen LogP contribution >= 0.6 is 23.4 Å². The lowest BCUT2D eigenvalue weighted by molar-refractivity contribution is -0.130. The third-order valence-electron chi connectivity index (χ3n) is 3.39. The minimum atomic E-state index is -0.223. The molecule has 0 aliphatic carbocycles. The predicted octanol–water partition coefficient (Wildman–Crippen LogP) is 2.06. The van der Waals surface area contributed by atoms with Gasteiger partial charge in [0.25, 0.3) is 0 Å². The highest BCUT2D eigenvalue weighted by atomic mass is 35.5. The molecule has 2 amide bonds. The van der Waals surface area contributed by atoms with Crippen molar-refractivity contribution >= 4 is 41.0 Å². The van der Waals surface area contributed by atoms with E-state index in [0.717, 1.165) is 5.56 Å². The van der Waals surface area contributed by atoms with Crippen LogP contribution in [-0.4, -0.2) is 44.7 Å². The van der Waals surface area contributed by atoms with Crippen molar-refractivity contribution in [2.24, 2.45) is 0 Å². The van der Waals surface area contributed by atoms with Crippen molar-refractivity contribution < 1.29 is 9.59 Å². The SMILES string of the molecule is O=C(CN1CSCC1=O)Nc1ccnn1Cc1ccc(Cl)cc1. The van der Waals surface area contributed by atoms with Crippen LogP contribution in [0.5, 0.6) is 0 Å². The number of anilines is 1. The molecule has 23 heavy (non-hydrogen) atoms. The second-order valence-electron chi connectivity index (χ2n) is 5.12. The largest absolute Gasteiger partial charge is 0.323 e. The van der Waals surface area contributed by atoms with Crippen LogP contribution in [-0.2, 0) is 16.1 Å². The summed E-state index contributed by atoms with van der Waals surface area (Å²) in [7, 11) is 0. The smallest absolute Gasteiger partial charge is 0.245 e. The van der Waals surface area contributed by atoms with E-state index in [1.807, 2.05) is 24.3 Å². The van der Waals surface area contributed by atoms with Gasteiger partial charge in [-0.25, -0.2) is 4.68 Å². The molecular weight excluding hydrogens is 336 g/mol. The van der Waals surface area contributed by atoms with Crippen LogP contribution in [0.4, 0.5) is 5.82 Å². The number of nitrogens with zero attached hydrogens (tertiary/aromatic N) is 3. The maximum Gasteiger partial charge on any atom is 0.245 e. The fraction of sp³-hybridized carbons (Fsp3) is 0.267. The Balaban J connectivity index is 1.62. The van der Waals surface area contributed by atoms with Gasteiger partial charge in [-0.2, -0.15) is 5.10 Å². The van der Waals surface area contributed by atoms with Gasteiger partial charge in [0.2, 0.25) is 11.8 Å². The van der Waals surface area contributed by atoms with Crippen molar-refractivity contribution in [3.05, 3.63) is 47.1 Å². The summed E-state index contributed by atoms with van der Waals surface area (Å²) in [6, 6.07) is 9.18. The van der Waals surface area contributed by atoms with E-state index in [1.54, 1.807) is 21.8 Å². The van der Waals surface area contributed by atoms with Gasteiger partial charge < -0.3 is 10.2 Å². The topological polar surface area (TPSA) is 67.2 Å². The highest BCUT2D eigenvalue weighted by Crippen LogP contribution is 2.16.